The van der Waals surface area contributed by atoms with Crippen LogP contribution in [-0.4, -0.2) is 7.41 Å². The minimum absolute atomic E-state index is 1.15. The van der Waals surface area contributed by atoms with Crippen molar-refractivity contribution in [1.29, 1.82) is 0 Å². The smallest absolute Gasteiger partial charge is 0.290 e. The maximum atomic E-state index is 2.26. The second kappa shape index (κ2) is 6.63. The molecule has 4 rings (SSSR count). The first kappa shape index (κ1) is 14.6. The molecule has 4 aromatic carbocycles. The lowest BCUT2D eigenvalue weighted by atomic mass is 9.79. The van der Waals surface area contributed by atoms with E-state index in [9.17, 15) is 0 Å². The van der Waals surface area contributed by atoms with Crippen LogP contribution in [0.1, 0.15) is 0 Å². The quantitative estimate of drug-likeness (QED) is 0.484. The lowest BCUT2D eigenvalue weighted by Crippen LogP contribution is -2.32. The fourth-order valence-electron chi connectivity index (χ4n) is 2.98. The minimum atomic E-state index is 1.15. The fourth-order valence-corrected chi connectivity index (χ4v) is 2.98. The molecule has 0 fully saturated rings. The van der Waals surface area contributed by atoms with Crippen molar-refractivity contribution in [2.45, 2.75) is 0 Å². The topological polar surface area (TPSA) is 3.24 Å². The van der Waals surface area contributed by atoms with E-state index >= 15 is 0 Å². The Morgan fingerprint density at radius 3 is 1.96 bits per heavy atom. The van der Waals surface area contributed by atoms with E-state index in [-0.39, 0.29) is 0 Å². The zero-order valence-corrected chi connectivity index (χ0v) is 13.3. The number of hydrogen-bond donors (Lipinski definition) is 0. The van der Waals surface area contributed by atoms with Crippen LogP contribution >= 0.6 is 0 Å². The van der Waals surface area contributed by atoms with Gasteiger partial charge >= 0.3 is 0 Å². The van der Waals surface area contributed by atoms with Crippen molar-refractivity contribution in [1.82, 2.24) is 0 Å². The number of nitrogens with zero attached hydrogens (tertiary/aromatic N) is 1. The number of fused-ring (bicyclic) bond motifs is 1. The lowest BCUT2D eigenvalue weighted by Gasteiger charge is -2.26. The van der Waals surface area contributed by atoms with E-state index in [0.717, 1.165) is 5.69 Å². The molecule has 0 spiro atoms. The molecule has 0 amide bonds. The maximum Gasteiger partial charge on any atom is 0.290 e. The van der Waals surface area contributed by atoms with Gasteiger partial charge in [-0.25, -0.2) is 0 Å². The van der Waals surface area contributed by atoms with Crippen LogP contribution in [0, 0.1) is 0 Å². The maximum absolute atomic E-state index is 2.26. The van der Waals surface area contributed by atoms with Crippen LogP contribution in [0.4, 0.5) is 11.4 Å². The van der Waals surface area contributed by atoms with Gasteiger partial charge in [0, 0.05) is 16.8 Å². The summed E-state index contributed by atoms with van der Waals surface area (Å²) >= 11 is 0. The Labute approximate surface area is 143 Å². The molecular weight excluding hydrogens is 289 g/mol. The van der Waals surface area contributed by atoms with Crippen molar-refractivity contribution in [3.05, 3.63) is 103 Å². The molecule has 1 nitrogen and oxygen atoms in total. The molecule has 0 unspecified atom stereocenters. The molecule has 113 valence electrons. The summed E-state index contributed by atoms with van der Waals surface area (Å²) in [6.07, 6.45) is 0. The highest BCUT2D eigenvalue weighted by Crippen LogP contribution is 2.31. The van der Waals surface area contributed by atoms with Crippen LogP contribution in [0.25, 0.3) is 10.8 Å². The van der Waals surface area contributed by atoms with Gasteiger partial charge in [-0.15, -0.1) is 0 Å². The van der Waals surface area contributed by atoms with E-state index in [0.29, 0.717) is 0 Å². The Bertz CT molecular complexity index is 930. The summed E-state index contributed by atoms with van der Waals surface area (Å²) in [5.41, 5.74) is 3.51. The van der Waals surface area contributed by atoms with Crippen LogP contribution in [0.5, 0.6) is 0 Å². The van der Waals surface area contributed by atoms with Crippen molar-refractivity contribution in [2.75, 3.05) is 4.81 Å². The molecule has 0 heterocycles. The third-order valence-corrected chi connectivity index (χ3v) is 4.14. The second-order valence-electron chi connectivity index (χ2n) is 5.74. The summed E-state index contributed by atoms with van der Waals surface area (Å²) in [7, 11) is 2.19. The molecule has 0 aliphatic carbocycles. The molecule has 0 bridgehead atoms. The zero-order chi connectivity index (χ0) is 16.2. The van der Waals surface area contributed by atoms with Gasteiger partial charge in [0.15, 0.2) is 0 Å². The van der Waals surface area contributed by atoms with Crippen molar-refractivity contribution >= 4 is 35.0 Å². The van der Waals surface area contributed by atoms with Crippen LogP contribution in [0.3, 0.4) is 0 Å². The highest BCUT2D eigenvalue weighted by Gasteiger charge is 2.14. The SMILES string of the molecule is [B](c1ccccc1)N(c1ccccc1)c1cccc2ccccc12. The first-order valence-electron chi connectivity index (χ1n) is 8.14. The number of rotatable bonds is 4. The summed E-state index contributed by atoms with van der Waals surface area (Å²) in [5, 5.41) is 2.49. The highest BCUT2D eigenvalue weighted by molar-refractivity contribution is 6.59. The standard InChI is InChI=1S/C22H17BN/c1-3-12-19(13-4-1)23-24(20-14-5-2-6-15-20)22-17-9-11-18-10-7-8-16-21(18)22/h1-17H. The van der Waals surface area contributed by atoms with Gasteiger partial charge in [0.05, 0.1) is 0 Å². The molecule has 0 atom stereocenters. The zero-order valence-electron chi connectivity index (χ0n) is 13.3. The fraction of sp³-hybridized carbons (Fsp3) is 0. The minimum Gasteiger partial charge on any atom is -0.385 e. The van der Waals surface area contributed by atoms with E-state index in [1.54, 1.807) is 0 Å². The van der Waals surface area contributed by atoms with E-state index in [1.807, 2.05) is 12.1 Å². The summed E-state index contributed by atoms with van der Waals surface area (Å²) in [6, 6.07) is 35.9. The molecule has 0 saturated carbocycles. The Balaban J connectivity index is 1.86. The first-order chi connectivity index (χ1) is 11.9. The molecule has 0 aliphatic rings. The summed E-state index contributed by atoms with van der Waals surface area (Å²) < 4.78 is 0. The van der Waals surface area contributed by atoms with Gasteiger partial charge in [0.2, 0.25) is 0 Å². The number of benzene rings is 4. The average molecular weight is 306 g/mol. The molecular formula is C22H17BN. The predicted octanol–water partition coefficient (Wildman–Crippen LogP) is 4.92. The van der Waals surface area contributed by atoms with Crippen molar-refractivity contribution in [2.24, 2.45) is 0 Å². The Hall–Kier alpha value is -3.00. The van der Waals surface area contributed by atoms with Crippen molar-refractivity contribution in [3.8, 4) is 0 Å². The van der Waals surface area contributed by atoms with Crippen molar-refractivity contribution in [3.63, 3.8) is 0 Å². The van der Waals surface area contributed by atoms with Gasteiger partial charge in [-0.3, -0.25) is 0 Å². The van der Waals surface area contributed by atoms with Crippen LogP contribution in [0.15, 0.2) is 103 Å². The first-order valence-corrected chi connectivity index (χ1v) is 8.14. The molecule has 0 N–H and O–H groups in total. The van der Waals surface area contributed by atoms with E-state index in [2.05, 4.69) is 103 Å². The number of para-hydroxylation sites is 1. The molecule has 4 aromatic rings. The monoisotopic (exact) mass is 306 g/mol. The third kappa shape index (κ3) is 2.91. The largest absolute Gasteiger partial charge is 0.385 e. The van der Waals surface area contributed by atoms with Crippen LogP contribution in [0.2, 0.25) is 0 Å². The average Bonchev–Trinajstić information content (AvgIpc) is 2.67. The number of hydrogen-bond acceptors (Lipinski definition) is 1. The Morgan fingerprint density at radius 2 is 1.17 bits per heavy atom. The van der Waals surface area contributed by atoms with Gasteiger partial charge in [0.1, 0.15) is 0 Å². The van der Waals surface area contributed by atoms with Crippen LogP contribution in [-0.2, 0) is 0 Å². The molecule has 2 heteroatoms. The Kier molecular flexibility index (Phi) is 4.03. The molecule has 0 aromatic heterocycles. The third-order valence-electron chi connectivity index (χ3n) is 4.14. The normalized spacial score (nSPS) is 10.5. The highest BCUT2D eigenvalue weighted by atomic mass is 15.1. The number of anilines is 2. The van der Waals surface area contributed by atoms with Gasteiger partial charge in [-0.1, -0.05) is 90.4 Å². The molecule has 0 aliphatic heterocycles. The van der Waals surface area contributed by atoms with E-state index in [1.165, 1.54) is 21.9 Å². The molecule has 0 saturated heterocycles. The second-order valence-corrected chi connectivity index (χ2v) is 5.74. The van der Waals surface area contributed by atoms with E-state index < -0.39 is 0 Å². The predicted molar refractivity (Wildman–Crippen MR) is 104 cm³/mol. The molecule has 1 radical (unpaired) electrons. The van der Waals surface area contributed by atoms with Gasteiger partial charge in [0.25, 0.3) is 7.41 Å². The van der Waals surface area contributed by atoms with Gasteiger partial charge in [-0.05, 0) is 23.6 Å². The lowest BCUT2D eigenvalue weighted by molar-refractivity contribution is 1.42. The Morgan fingerprint density at radius 1 is 0.542 bits per heavy atom. The van der Waals surface area contributed by atoms with Gasteiger partial charge in [-0.2, -0.15) is 0 Å². The summed E-state index contributed by atoms with van der Waals surface area (Å²) in [6.45, 7) is 0. The van der Waals surface area contributed by atoms with E-state index in [4.69, 9.17) is 0 Å². The van der Waals surface area contributed by atoms with Crippen molar-refractivity contribution < 1.29 is 0 Å². The van der Waals surface area contributed by atoms with Gasteiger partial charge < -0.3 is 4.81 Å². The molecule has 24 heavy (non-hydrogen) atoms. The summed E-state index contributed by atoms with van der Waals surface area (Å²) in [4.78, 5) is 2.26. The summed E-state index contributed by atoms with van der Waals surface area (Å²) in [5.74, 6) is 0. The van der Waals surface area contributed by atoms with Crippen LogP contribution < -0.4 is 10.3 Å².